The highest BCUT2D eigenvalue weighted by Crippen LogP contribution is 2.26. The van der Waals surface area contributed by atoms with E-state index in [2.05, 4.69) is 91.7 Å². The van der Waals surface area contributed by atoms with Crippen molar-refractivity contribution >= 4 is 35.6 Å². The lowest BCUT2D eigenvalue weighted by molar-refractivity contribution is 0.426. The molecule has 0 saturated carbocycles. The highest BCUT2D eigenvalue weighted by atomic mass is 127. The van der Waals surface area contributed by atoms with Crippen LogP contribution in [0.1, 0.15) is 59.9 Å². The summed E-state index contributed by atoms with van der Waals surface area (Å²) in [5.74, 6) is 0.906. The van der Waals surface area contributed by atoms with Gasteiger partial charge < -0.3 is 20.9 Å². The van der Waals surface area contributed by atoms with Crippen LogP contribution in [-0.4, -0.2) is 50.8 Å². The number of guanidine groups is 1. The van der Waals surface area contributed by atoms with Crippen LogP contribution >= 0.6 is 24.0 Å². The van der Waals surface area contributed by atoms with Gasteiger partial charge in [-0.25, -0.2) is 0 Å². The van der Waals surface area contributed by atoms with Crippen LogP contribution in [0, 0.1) is 0 Å². The zero-order valence-electron chi connectivity index (χ0n) is 19.4. The first-order valence-corrected chi connectivity index (χ1v) is 10.7. The fourth-order valence-electron chi connectivity index (χ4n) is 3.46. The Bertz CT molecular complexity index is 620. The third kappa shape index (κ3) is 9.11. The standard InChI is InChI=1S/C23H41N5.HI/c1-22(2,3)18-8-10-20(11-9-18)28-16-12-19(13-17-28)27-21(24-7)25-14-15-26-23(4,5)6;/h8-11,19,26H,12-17H2,1-7H3,(H2,24,25,27);1H. The number of anilines is 1. The summed E-state index contributed by atoms with van der Waals surface area (Å²) in [6, 6.07) is 9.58. The van der Waals surface area contributed by atoms with Crippen molar-refractivity contribution < 1.29 is 0 Å². The lowest BCUT2D eigenvalue weighted by Gasteiger charge is -2.35. The second-order valence-electron chi connectivity index (χ2n) is 9.88. The van der Waals surface area contributed by atoms with Crippen molar-refractivity contribution in [1.82, 2.24) is 16.0 Å². The molecule has 0 aliphatic carbocycles. The molecular weight excluding hydrogens is 473 g/mol. The van der Waals surface area contributed by atoms with Crippen molar-refractivity contribution in [2.45, 2.75) is 71.4 Å². The Hall–Kier alpha value is -1.02. The highest BCUT2D eigenvalue weighted by molar-refractivity contribution is 14.0. The Balaban J connectivity index is 0.00000420. The molecule has 0 atom stereocenters. The Morgan fingerprint density at radius 2 is 1.59 bits per heavy atom. The topological polar surface area (TPSA) is 51.7 Å². The zero-order chi connectivity index (χ0) is 20.8. The average molecular weight is 516 g/mol. The van der Waals surface area contributed by atoms with Gasteiger partial charge in [0.2, 0.25) is 0 Å². The molecular formula is C23H42IN5. The van der Waals surface area contributed by atoms with E-state index in [9.17, 15) is 0 Å². The van der Waals surface area contributed by atoms with Crippen LogP contribution in [0.3, 0.4) is 0 Å². The van der Waals surface area contributed by atoms with Gasteiger partial charge in [-0.05, 0) is 56.7 Å². The van der Waals surface area contributed by atoms with Crippen molar-refractivity contribution in [3.05, 3.63) is 29.8 Å². The van der Waals surface area contributed by atoms with Crippen LogP contribution in [0.25, 0.3) is 0 Å². The van der Waals surface area contributed by atoms with Crippen LogP contribution in [0.4, 0.5) is 5.69 Å². The molecule has 0 bridgehead atoms. The minimum Gasteiger partial charge on any atom is -0.371 e. The summed E-state index contributed by atoms with van der Waals surface area (Å²) < 4.78 is 0. The zero-order valence-corrected chi connectivity index (χ0v) is 21.8. The number of piperidine rings is 1. The number of nitrogens with one attached hydrogen (secondary N) is 3. The van der Waals surface area contributed by atoms with Crippen LogP contribution in [-0.2, 0) is 5.41 Å². The molecule has 1 saturated heterocycles. The van der Waals surface area contributed by atoms with Gasteiger partial charge in [0.1, 0.15) is 0 Å². The van der Waals surface area contributed by atoms with Gasteiger partial charge in [-0.2, -0.15) is 0 Å². The molecule has 1 heterocycles. The quantitative estimate of drug-likeness (QED) is 0.239. The summed E-state index contributed by atoms with van der Waals surface area (Å²) in [6.45, 7) is 17.3. The number of benzene rings is 1. The largest absolute Gasteiger partial charge is 0.371 e. The molecule has 6 heteroatoms. The van der Waals surface area contributed by atoms with E-state index >= 15 is 0 Å². The summed E-state index contributed by atoms with van der Waals surface area (Å²) in [5, 5.41) is 10.5. The molecule has 3 N–H and O–H groups in total. The second kappa shape index (κ2) is 11.4. The van der Waals surface area contributed by atoms with Crippen molar-refractivity contribution in [3.8, 4) is 0 Å². The third-order valence-electron chi connectivity index (χ3n) is 5.23. The van der Waals surface area contributed by atoms with E-state index in [-0.39, 0.29) is 34.9 Å². The molecule has 0 aromatic heterocycles. The molecule has 1 fully saturated rings. The van der Waals surface area contributed by atoms with E-state index in [1.807, 2.05) is 7.05 Å². The molecule has 29 heavy (non-hydrogen) atoms. The van der Waals surface area contributed by atoms with Gasteiger partial charge in [0.05, 0.1) is 0 Å². The van der Waals surface area contributed by atoms with E-state index in [4.69, 9.17) is 0 Å². The lowest BCUT2D eigenvalue weighted by Crippen LogP contribution is -2.50. The van der Waals surface area contributed by atoms with E-state index < -0.39 is 0 Å². The smallest absolute Gasteiger partial charge is 0.191 e. The first-order chi connectivity index (χ1) is 13.1. The van der Waals surface area contributed by atoms with Crippen molar-refractivity contribution in [3.63, 3.8) is 0 Å². The van der Waals surface area contributed by atoms with Crippen molar-refractivity contribution in [1.29, 1.82) is 0 Å². The third-order valence-corrected chi connectivity index (χ3v) is 5.23. The summed E-state index contributed by atoms with van der Waals surface area (Å²) in [7, 11) is 1.85. The Morgan fingerprint density at radius 3 is 2.07 bits per heavy atom. The first kappa shape index (κ1) is 26.0. The number of aliphatic imine (C=N–C) groups is 1. The fourth-order valence-corrected chi connectivity index (χ4v) is 3.46. The lowest BCUT2D eigenvalue weighted by atomic mass is 9.87. The molecule has 2 rings (SSSR count). The Kier molecular flexibility index (Phi) is 10.2. The van der Waals surface area contributed by atoms with Crippen LogP contribution < -0.4 is 20.9 Å². The van der Waals surface area contributed by atoms with Crippen LogP contribution in [0.2, 0.25) is 0 Å². The molecule has 1 aromatic rings. The Labute approximate surface area is 195 Å². The molecule has 1 aromatic carbocycles. The minimum atomic E-state index is 0. The fraction of sp³-hybridized carbons (Fsp3) is 0.696. The molecule has 0 unspecified atom stereocenters. The van der Waals surface area contributed by atoms with Crippen LogP contribution in [0.5, 0.6) is 0 Å². The molecule has 1 aliphatic rings. The molecule has 5 nitrogen and oxygen atoms in total. The maximum atomic E-state index is 4.38. The van der Waals surface area contributed by atoms with Gasteiger partial charge in [0.15, 0.2) is 5.96 Å². The number of hydrogen-bond acceptors (Lipinski definition) is 3. The van der Waals surface area contributed by atoms with Crippen molar-refractivity contribution in [2.75, 3.05) is 38.1 Å². The number of rotatable bonds is 5. The van der Waals surface area contributed by atoms with Gasteiger partial charge in [-0.15, -0.1) is 24.0 Å². The van der Waals surface area contributed by atoms with Gasteiger partial charge in [0.25, 0.3) is 0 Å². The predicted octanol–water partition coefficient (Wildman–Crippen LogP) is 4.12. The van der Waals surface area contributed by atoms with E-state index in [0.29, 0.717) is 6.04 Å². The molecule has 166 valence electrons. The van der Waals surface area contributed by atoms with Gasteiger partial charge in [0, 0.05) is 50.5 Å². The van der Waals surface area contributed by atoms with Gasteiger partial charge in [-0.1, -0.05) is 32.9 Å². The molecule has 0 spiro atoms. The number of hydrogen-bond donors (Lipinski definition) is 3. The second-order valence-corrected chi connectivity index (χ2v) is 9.88. The normalized spacial score (nSPS) is 16.4. The molecule has 1 aliphatic heterocycles. The Morgan fingerprint density at radius 1 is 1.00 bits per heavy atom. The SMILES string of the molecule is CN=C(NCCNC(C)(C)C)NC1CCN(c2ccc(C(C)(C)C)cc2)CC1.I. The highest BCUT2D eigenvalue weighted by Gasteiger charge is 2.21. The minimum absolute atomic E-state index is 0. The van der Waals surface area contributed by atoms with Crippen LogP contribution in [0.15, 0.2) is 29.3 Å². The van der Waals surface area contributed by atoms with Gasteiger partial charge in [-0.3, -0.25) is 4.99 Å². The predicted molar refractivity (Wildman–Crippen MR) is 138 cm³/mol. The summed E-state index contributed by atoms with van der Waals surface area (Å²) in [6.07, 6.45) is 2.25. The van der Waals surface area contributed by atoms with E-state index in [1.165, 1.54) is 11.3 Å². The molecule has 0 amide bonds. The number of nitrogens with zero attached hydrogens (tertiary/aromatic N) is 2. The summed E-state index contributed by atoms with van der Waals surface area (Å²) >= 11 is 0. The average Bonchev–Trinajstić information content (AvgIpc) is 2.63. The summed E-state index contributed by atoms with van der Waals surface area (Å²) in [5.41, 5.74) is 3.09. The summed E-state index contributed by atoms with van der Waals surface area (Å²) in [4.78, 5) is 6.87. The molecule has 0 radical (unpaired) electrons. The monoisotopic (exact) mass is 515 g/mol. The van der Waals surface area contributed by atoms with Crippen molar-refractivity contribution in [2.24, 2.45) is 4.99 Å². The van der Waals surface area contributed by atoms with E-state index in [1.54, 1.807) is 0 Å². The number of halogens is 1. The maximum Gasteiger partial charge on any atom is 0.191 e. The van der Waals surface area contributed by atoms with Gasteiger partial charge >= 0.3 is 0 Å². The van der Waals surface area contributed by atoms with E-state index in [0.717, 1.165) is 45.0 Å². The first-order valence-electron chi connectivity index (χ1n) is 10.7. The maximum absolute atomic E-state index is 4.38.